The second-order valence-electron chi connectivity index (χ2n) is 13.2. The Morgan fingerprint density at radius 1 is 0.810 bits per heavy atom. The lowest BCUT2D eigenvalue weighted by Gasteiger charge is -2.20. The van der Waals surface area contributed by atoms with Gasteiger partial charge in [0.2, 0.25) is 5.90 Å². The van der Waals surface area contributed by atoms with Gasteiger partial charge in [-0.25, -0.2) is 9.98 Å². The van der Waals surface area contributed by atoms with Gasteiger partial charge in [0.1, 0.15) is 23.9 Å². The van der Waals surface area contributed by atoms with Gasteiger partial charge in [0.05, 0.1) is 17.1 Å². The number of hydrogen-bond donors (Lipinski definition) is 0. The molecule has 3 aromatic carbocycles. The molecule has 0 amide bonds. The normalized spacial score (nSPS) is 17.6. The number of hydrogen-bond acceptors (Lipinski definition) is 4. The Morgan fingerprint density at radius 3 is 2.45 bits per heavy atom. The molecular weight excluding hydrogens is 518 g/mol. The van der Waals surface area contributed by atoms with Crippen molar-refractivity contribution in [1.82, 2.24) is 9.55 Å². The summed E-state index contributed by atoms with van der Waals surface area (Å²) in [6.45, 7) is 11.6. The number of aromatic nitrogens is 2. The molecule has 0 N–H and O–H groups in total. The summed E-state index contributed by atoms with van der Waals surface area (Å²) in [6.07, 6.45) is 7.08. The molecule has 1 atom stereocenters. The van der Waals surface area contributed by atoms with E-state index in [4.69, 9.17) is 19.5 Å². The molecular formula is C37H39N3O2. The summed E-state index contributed by atoms with van der Waals surface area (Å²) in [4.78, 5) is 9.83. The quantitative estimate of drug-likeness (QED) is 0.216. The van der Waals surface area contributed by atoms with Crippen LogP contribution in [-0.2, 0) is 10.2 Å². The van der Waals surface area contributed by atoms with E-state index < -0.39 is 0 Å². The second-order valence-corrected chi connectivity index (χ2v) is 13.2. The van der Waals surface area contributed by atoms with Crippen LogP contribution in [0.25, 0.3) is 27.6 Å². The van der Waals surface area contributed by atoms with Crippen LogP contribution in [-0.4, -0.2) is 28.1 Å². The van der Waals surface area contributed by atoms with Gasteiger partial charge in [0, 0.05) is 28.6 Å². The SMILES string of the molecule is Cc1cc(Oc2ccc3c4cc(C)ccc4n(-c4cc(C(C)(C)C)ccn4)c3c2)cc(C2=N[C@H](C3CCCC3)CO2)c1. The summed E-state index contributed by atoms with van der Waals surface area (Å²) < 4.78 is 14.9. The number of aryl methyl sites for hydroxylation is 2. The number of benzene rings is 3. The average molecular weight is 558 g/mol. The second kappa shape index (κ2) is 10.3. The third kappa shape index (κ3) is 4.95. The van der Waals surface area contributed by atoms with Crippen LogP contribution in [0.2, 0.25) is 0 Å². The molecule has 1 fully saturated rings. The van der Waals surface area contributed by atoms with Gasteiger partial charge in [-0.05, 0) is 104 Å². The van der Waals surface area contributed by atoms with Crippen molar-refractivity contribution in [2.24, 2.45) is 10.9 Å². The van der Waals surface area contributed by atoms with Crippen molar-refractivity contribution >= 4 is 27.7 Å². The van der Waals surface area contributed by atoms with Gasteiger partial charge in [-0.2, -0.15) is 0 Å². The zero-order chi connectivity index (χ0) is 29.0. The minimum atomic E-state index is 0.0225. The molecule has 2 aliphatic rings. The summed E-state index contributed by atoms with van der Waals surface area (Å²) in [7, 11) is 0. The molecule has 42 heavy (non-hydrogen) atoms. The predicted molar refractivity (Wildman–Crippen MR) is 172 cm³/mol. The van der Waals surface area contributed by atoms with Gasteiger partial charge in [-0.1, -0.05) is 45.2 Å². The fraction of sp³-hybridized carbons (Fsp3) is 0.351. The van der Waals surface area contributed by atoms with Crippen LogP contribution in [0.4, 0.5) is 0 Å². The Morgan fingerprint density at radius 2 is 1.64 bits per heavy atom. The van der Waals surface area contributed by atoms with E-state index in [1.54, 1.807) is 0 Å². The highest BCUT2D eigenvalue weighted by Gasteiger charge is 2.30. The van der Waals surface area contributed by atoms with Gasteiger partial charge >= 0.3 is 0 Å². The van der Waals surface area contributed by atoms with E-state index in [0.29, 0.717) is 12.5 Å². The minimum Gasteiger partial charge on any atom is -0.475 e. The summed E-state index contributed by atoms with van der Waals surface area (Å²) in [6, 6.07) is 23.9. The fourth-order valence-corrected chi connectivity index (χ4v) is 6.63. The average Bonchev–Trinajstić information content (AvgIpc) is 3.71. The third-order valence-corrected chi connectivity index (χ3v) is 8.89. The first-order valence-electron chi connectivity index (χ1n) is 15.3. The molecule has 0 spiro atoms. The smallest absolute Gasteiger partial charge is 0.216 e. The van der Waals surface area contributed by atoms with E-state index in [2.05, 4.69) is 106 Å². The summed E-state index contributed by atoms with van der Waals surface area (Å²) in [5.41, 5.74) is 6.82. The Kier molecular flexibility index (Phi) is 6.56. The molecule has 0 unspecified atom stereocenters. The zero-order valence-corrected chi connectivity index (χ0v) is 25.3. The lowest BCUT2D eigenvalue weighted by Crippen LogP contribution is -2.16. The maximum absolute atomic E-state index is 6.54. The summed E-state index contributed by atoms with van der Waals surface area (Å²) in [5, 5.41) is 2.39. The lowest BCUT2D eigenvalue weighted by atomic mass is 9.88. The van der Waals surface area contributed by atoms with Crippen LogP contribution in [0.3, 0.4) is 0 Å². The van der Waals surface area contributed by atoms with Gasteiger partial charge in [0.15, 0.2) is 0 Å². The molecule has 214 valence electrons. The molecule has 5 heteroatoms. The number of aliphatic imine (C=N–C) groups is 1. The van der Waals surface area contributed by atoms with E-state index >= 15 is 0 Å². The molecule has 5 aromatic rings. The van der Waals surface area contributed by atoms with Crippen molar-refractivity contribution in [1.29, 1.82) is 0 Å². The topological polar surface area (TPSA) is 48.6 Å². The fourth-order valence-electron chi connectivity index (χ4n) is 6.63. The molecule has 7 rings (SSSR count). The molecule has 0 radical (unpaired) electrons. The maximum Gasteiger partial charge on any atom is 0.216 e. The van der Waals surface area contributed by atoms with Crippen molar-refractivity contribution in [3.05, 3.63) is 95.2 Å². The number of pyridine rings is 1. The summed E-state index contributed by atoms with van der Waals surface area (Å²) >= 11 is 0. The Bertz CT molecular complexity index is 1840. The molecule has 1 saturated carbocycles. The van der Waals surface area contributed by atoms with Crippen LogP contribution in [0.1, 0.15) is 68.7 Å². The van der Waals surface area contributed by atoms with E-state index in [0.717, 1.165) is 45.4 Å². The van der Waals surface area contributed by atoms with Gasteiger partial charge < -0.3 is 9.47 Å². The molecule has 2 aromatic heterocycles. The summed E-state index contributed by atoms with van der Waals surface area (Å²) in [5.74, 6) is 3.88. The Hall–Kier alpha value is -4.12. The minimum absolute atomic E-state index is 0.0225. The zero-order valence-electron chi connectivity index (χ0n) is 25.3. The molecule has 0 saturated heterocycles. The highest BCUT2D eigenvalue weighted by Crippen LogP contribution is 2.37. The number of nitrogens with zero attached hydrogens (tertiary/aromatic N) is 3. The Balaban J connectivity index is 1.28. The highest BCUT2D eigenvalue weighted by molar-refractivity contribution is 6.09. The largest absolute Gasteiger partial charge is 0.475 e. The molecule has 3 heterocycles. The highest BCUT2D eigenvalue weighted by atomic mass is 16.5. The number of rotatable bonds is 5. The van der Waals surface area contributed by atoms with Gasteiger partial charge in [-0.3, -0.25) is 4.57 Å². The van der Waals surface area contributed by atoms with Crippen molar-refractivity contribution < 1.29 is 9.47 Å². The van der Waals surface area contributed by atoms with E-state index in [1.165, 1.54) is 47.6 Å². The van der Waals surface area contributed by atoms with Crippen molar-refractivity contribution in [3.8, 4) is 17.3 Å². The molecule has 0 bridgehead atoms. The van der Waals surface area contributed by atoms with Crippen LogP contribution < -0.4 is 4.74 Å². The third-order valence-electron chi connectivity index (χ3n) is 8.89. The predicted octanol–water partition coefficient (Wildman–Crippen LogP) is 9.22. The molecule has 5 nitrogen and oxygen atoms in total. The lowest BCUT2D eigenvalue weighted by molar-refractivity contribution is 0.279. The van der Waals surface area contributed by atoms with Crippen LogP contribution in [0, 0.1) is 19.8 Å². The maximum atomic E-state index is 6.54. The van der Waals surface area contributed by atoms with Crippen molar-refractivity contribution in [2.75, 3.05) is 6.61 Å². The first-order chi connectivity index (χ1) is 20.2. The Labute approximate surface area is 248 Å². The molecule has 1 aliphatic heterocycles. The first-order valence-corrected chi connectivity index (χ1v) is 15.3. The van der Waals surface area contributed by atoms with Gasteiger partial charge in [0.25, 0.3) is 0 Å². The first kappa shape index (κ1) is 26.8. The van der Waals surface area contributed by atoms with Crippen LogP contribution in [0.15, 0.2) is 77.9 Å². The van der Waals surface area contributed by atoms with Crippen LogP contribution >= 0.6 is 0 Å². The van der Waals surface area contributed by atoms with Gasteiger partial charge in [-0.15, -0.1) is 0 Å². The standard InChI is InChI=1S/C37H39N3O2/c1-23-10-13-33-31(18-23)30-12-11-28(21-34(30)40(33)35-20-27(14-15-38-35)37(3,4)5)42-29-17-24(2)16-26(19-29)36-39-32(22-41-36)25-8-6-7-9-25/h10-21,25,32H,6-9,22H2,1-5H3/t32-/m0/s1. The van der Waals surface area contributed by atoms with Crippen LogP contribution in [0.5, 0.6) is 11.5 Å². The van der Waals surface area contributed by atoms with E-state index in [-0.39, 0.29) is 11.5 Å². The van der Waals surface area contributed by atoms with Crippen molar-refractivity contribution in [3.63, 3.8) is 0 Å². The van der Waals surface area contributed by atoms with E-state index in [9.17, 15) is 0 Å². The van der Waals surface area contributed by atoms with E-state index in [1.807, 2.05) is 6.20 Å². The monoisotopic (exact) mass is 557 g/mol. The number of fused-ring (bicyclic) bond motifs is 3. The van der Waals surface area contributed by atoms with Crippen molar-refractivity contribution in [2.45, 2.75) is 71.8 Å². The molecule has 1 aliphatic carbocycles. The number of ether oxygens (including phenoxy) is 2.